The van der Waals surface area contributed by atoms with Gasteiger partial charge < -0.3 is 19.5 Å². The summed E-state index contributed by atoms with van der Waals surface area (Å²) >= 11 is 0. The lowest BCUT2D eigenvalue weighted by molar-refractivity contribution is -0.123. The van der Waals surface area contributed by atoms with E-state index in [1.54, 1.807) is 6.20 Å². The molecule has 1 aliphatic carbocycles. The summed E-state index contributed by atoms with van der Waals surface area (Å²) in [7, 11) is 0. The van der Waals surface area contributed by atoms with Crippen molar-refractivity contribution >= 4 is 5.91 Å². The Labute approximate surface area is 146 Å². The first-order valence-electron chi connectivity index (χ1n) is 8.54. The first kappa shape index (κ1) is 15.7. The van der Waals surface area contributed by atoms with Crippen molar-refractivity contribution in [1.82, 2.24) is 10.3 Å². The zero-order valence-corrected chi connectivity index (χ0v) is 13.9. The van der Waals surface area contributed by atoms with Gasteiger partial charge in [0.2, 0.25) is 6.79 Å². The first-order valence-corrected chi connectivity index (χ1v) is 8.54. The monoisotopic (exact) mass is 340 g/mol. The number of carbonyl (C=O) groups excluding carboxylic acids is 1. The highest BCUT2D eigenvalue weighted by molar-refractivity contribution is 5.77. The highest BCUT2D eigenvalue weighted by Crippen LogP contribution is 2.32. The Hall–Kier alpha value is -2.76. The van der Waals surface area contributed by atoms with E-state index in [2.05, 4.69) is 10.3 Å². The average molecular weight is 340 g/mol. The second-order valence-electron chi connectivity index (χ2n) is 6.19. The van der Waals surface area contributed by atoms with Crippen molar-refractivity contribution in [3.05, 3.63) is 47.3 Å². The number of hydrogen-bond donors (Lipinski definition) is 1. The topological polar surface area (TPSA) is 69.7 Å². The summed E-state index contributed by atoms with van der Waals surface area (Å²) < 4.78 is 16.3. The fourth-order valence-electron chi connectivity index (χ4n) is 3.17. The number of pyridine rings is 1. The minimum Gasteiger partial charge on any atom is -0.483 e. The molecule has 6 nitrogen and oxygen atoms in total. The van der Waals surface area contributed by atoms with Crippen LogP contribution in [0.3, 0.4) is 0 Å². The van der Waals surface area contributed by atoms with E-state index in [0.717, 1.165) is 47.6 Å². The molecule has 0 fully saturated rings. The molecule has 2 aliphatic rings. The highest BCUT2D eigenvalue weighted by Gasteiger charge is 2.16. The Morgan fingerprint density at radius 1 is 1.16 bits per heavy atom. The molecule has 2 aromatic rings. The van der Waals surface area contributed by atoms with Crippen molar-refractivity contribution in [2.45, 2.75) is 32.2 Å². The molecule has 6 heteroatoms. The van der Waals surface area contributed by atoms with Crippen LogP contribution in [0.25, 0.3) is 0 Å². The number of hydrogen-bond acceptors (Lipinski definition) is 5. The van der Waals surface area contributed by atoms with E-state index in [-0.39, 0.29) is 19.3 Å². The van der Waals surface area contributed by atoms with Gasteiger partial charge in [0, 0.05) is 24.0 Å². The van der Waals surface area contributed by atoms with E-state index in [1.807, 2.05) is 24.3 Å². The number of carbonyl (C=O) groups is 1. The zero-order valence-electron chi connectivity index (χ0n) is 13.9. The molecule has 0 atom stereocenters. The molecule has 0 saturated carbocycles. The van der Waals surface area contributed by atoms with Crippen LogP contribution in [0.1, 0.15) is 29.7 Å². The maximum atomic E-state index is 12.1. The third kappa shape index (κ3) is 3.52. The lowest BCUT2D eigenvalue weighted by Gasteiger charge is -2.18. The van der Waals surface area contributed by atoms with Crippen molar-refractivity contribution in [1.29, 1.82) is 0 Å². The molecule has 1 aromatic carbocycles. The average Bonchev–Trinajstić information content (AvgIpc) is 3.12. The van der Waals surface area contributed by atoms with E-state index < -0.39 is 0 Å². The third-order valence-corrected chi connectivity index (χ3v) is 4.48. The zero-order chi connectivity index (χ0) is 17.1. The second-order valence-corrected chi connectivity index (χ2v) is 6.19. The number of amides is 1. The van der Waals surface area contributed by atoms with Gasteiger partial charge in [-0.3, -0.25) is 9.78 Å². The highest BCUT2D eigenvalue weighted by atomic mass is 16.7. The van der Waals surface area contributed by atoms with Gasteiger partial charge in [-0.25, -0.2) is 0 Å². The molecular formula is C19H20N2O4. The van der Waals surface area contributed by atoms with Gasteiger partial charge >= 0.3 is 0 Å². The van der Waals surface area contributed by atoms with E-state index in [0.29, 0.717) is 12.3 Å². The molecule has 2 heterocycles. The summed E-state index contributed by atoms with van der Waals surface area (Å²) in [6.45, 7) is 0.670. The molecule has 1 aromatic heterocycles. The molecule has 1 amide bonds. The number of nitrogens with one attached hydrogen (secondary N) is 1. The standard InChI is InChI=1S/C19H20N2O4/c22-19(21-10-13-5-6-17-18(9-13)25-12-24-17)11-23-16-7-8-20-15-4-2-1-3-14(15)16/h5-9H,1-4,10-12H2,(H,21,22). The first-order chi connectivity index (χ1) is 12.3. The maximum absolute atomic E-state index is 12.1. The molecule has 1 aliphatic heterocycles. The van der Waals surface area contributed by atoms with Crippen LogP contribution in [-0.4, -0.2) is 24.3 Å². The molecule has 25 heavy (non-hydrogen) atoms. The largest absolute Gasteiger partial charge is 0.483 e. The van der Waals surface area contributed by atoms with Crippen LogP contribution in [0.15, 0.2) is 30.5 Å². The van der Waals surface area contributed by atoms with Gasteiger partial charge in [0.1, 0.15) is 5.75 Å². The molecule has 0 unspecified atom stereocenters. The molecule has 1 N–H and O–H groups in total. The van der Waals surface area contributed by atoms with Crippen LogP contribution in [-0.2, 0) is 24.2 Å². The number of benzene rings is 1. The van der Waals surface area contributed by atoms with Crippen LogP contribution in [0.4, 0.5) is 0 Å². The van der Waals surface area contributed by atoms with Gasteiger partial charge in [0.15, 0.2) is 18.1 Å². The number of rotatable bonds is 5. The predicted octanol–water partition coefficient (Wildman–Crippen LogP) is 2.38. The lowest BCUT2D eigenvalue weighted by atomic mass is 9.95. The smallest absolute Gasteiger partial charge is 0.258 e. The van der Waals surface area contributed by atoms with Crippen molar-refractivity contribution in [3.63, 3.8) is 0 Å². The Morgan fingerprint density at radius 3 is 3.00 bits per heavy atom. The molecule has 0 radical (unpaired) electrons. The predicted molar refractivity (Wildman–Crippen MR) is 90.8 cm³/mol. The molecular weight excluding hydrogens is 320 g/mol. The second kappa shape index (κ2) is 7.01. The third-order valence-electron chi connectivity index (χ3n) is 4.48. The molecule has 0 spiro atoms. The number of nitrogens with zero attached hydrogens (tertiary/aromatic N) is 1. The van der Waals surface area contributed by atoms with Crippen LogP contribution in [0, 0.1) is 0 Å². The minimum absolute atomic E-state index is 0.000997. The molecule has 0 bridgehead atoms. The molecule has 130 valence electrons. The SMILES string of the molecule is O=C(COc1ccnc2c1CCCC2)NCc1ccc2c(c1)OCO2. The van der Waals surface area contributed by atoms with E-state index >= 15 is 0 Å². The number of aryl methyl sites for hydroxylation is 1. The van der Waals surface area contributed by atoms with Gasteiger partial charge in [0.05, 0.1) is 0 Å². The Bertz CT molecular complexity index is 791. The molecule has 0 saturated heterocycles. The van der Waals surface area contributed by atoms with Gasteiger partial charge in [-0.2, -0.15) is 0 Å². The summed E-state index contributed by atoms with van der Waals surface area (Å²) in [5.41, 5.74) is 3.21. The number of ether oxygens (including phenoxy) is 3. The van der Waals surface area contributed by atoms with Gasteiger partial charge in [0.25, 0.3) is 5.91 Å². The van der Waals surface area contributed by atoms with Gasteiger partial charge in [-0.05, 0) is 49.4 Å². The van der Waals surface area contributed by atoms with Gasteiger partial charge in [-0.15, -0.1) is 0 Å². The Balaban J connectivity index is 1.31. The normalized spacial score (nSPS) is 14.7. The summed E-state index contributed by atoms with van der Waals surface area (Å²) in [4.78, 5) is 16.5. The van der Waals surface area contributed by atoms with Crippen LogP contribution in [0.2, 0.25) is 0 Å². The van der Waals surface area contributed by atoms with E-state index in [1.165, 1.54) is 6.42 Å². The fraction of sp³-hybridized carbons (Fsp3) is 0.368. The summed E-state index contributed by atoms with van der Waals surface area (Å²) in [6.07, 6.45) is 6.02. The maximum Gasteiger partial charge on any atom is 0.258 e. The number of aromatic nitrogens is 1. The van der Waals surface area contributed by atoms with Crippen molar-refractivity contribution in [2.24, 2.45) is 0 Å². The van der Waals surface area contributed by atoms with Crippen molar-refractivity contribution in [3.8, 4) is 17.2 Å². The Kier molecular flexibility index (Phi) is 4.41. The Morgan fingerprint density at radius 2 is 2.04 bits per heavy atom. The number of fused-ring (bicyclic) bond motifs is 2. The van der Waals surface area contributed by atoms with Crippen LogP contribution >= 0.6 is 0 Å². The minimum atomic E-state index is -0.154. The van der Waals surface area contributed by atoms with Crippen LogP contribution < -0.4 is 19.5 Å². The summed E-state index contributed by atoms with van der Waals surface area (Å²) in [6, 6.07) is 7.48. The van der Waals surface area contributed by atoms with Crippen molar-refractivity contribution in [2.75, 3.05) is 13.4 Å². The summed E-state index contributed by atoms with van der Waals surface area (Å²) in [5.74, 6) is 2.08. The van der Waals surface area contributed by atoms with Crippen molar-refractivity contribution < 1.29 is 19.0 Å². The lowest BCUT2D eigenvalue weighted by Crippen LogP contribution is -2.28. The summed E-state index contributed by atoms with van der Waals surface area (Å²) in [5, 5.41) is 2.86. The quantitative estimate of drug-likeness (QED) is 0.905. The van der Waals surface area contributed by atoms with Gasteiger partial charge in [-0.1, -0.05) is 6.07 Å². The van der Waals surface area contributed by atoms with E-state index in [9.17, 15) is 4.79 Å². The molecule has 4 rings (SSSR count). The van der Waals surface area contributed by atoms with Crippen LogP contribution in [0.5, 0.6) is 17.2 Å². The fourth-order valence-corrected chi connectivity index (χ4v) is 3.17. The van der Waals surface area contributed by atoms with E-state index in [4.69, 9.17) is 14.2 Å².